The minimum atomic E-state index is 0.314. The largest absolute Gasteiger partial charge is 0.356 e. The Labute approximate surface area is 142 Å². The van der Waals surface area contributed by atoms with Crippen LogP contribution in [-0.2, 0) is 0 Å². The van der Waals surface area contributed by atoms with Crippen LogP contribution in [0.4, 0.5) is 5.95 Å². The van der Waals surface area contributed by atoms with Crippen LogP contribution in [0.25, 0.3) is 22.7 Å². The summed E-state index contributed by atoms with van der Waals surface area (Å²) in [6.07, 6.45) is 1.02. The maximum Gasteiger partial charge on any atom is 0.223 e. The van der Waals surface area contributed by atoms with Gasteiger partial charge in [-0.1, -0.05) is 56.3 Å². The van der Waals surface area contributed by atoms with Gasteiger partial charge in [-0.2, -0.15) is 0 Å². The first kappa shape index (κ1) is 16.2. The molecule has 0 bridgehead atoms. The zero-order valence-electron chi connectivity index (χ0n) is 14.3. The van der Waals surface area contributed by atoms with E-state index in [1.54, 1.807) is 0 Å². The summed E-state index contributed by atoms with van der Waals surface area (Å²) < 4.78 is 5.50. The molecule has 0 fully saturated rings. The van der Waals surface area contributed by atoms with Crippen LogP contribution < -0.4 is 5.32 Å². The SMILES string of the molecule is CCCNc1nc(-c2cc(-c3ccccc3)on2)cc(C(C)C)n1. The van der Waals surface area contributed by atoms with Crippen molar-refractivity contribution in [3.8, 4) is 22.7 Å². The molecular weight excluding hydrogens is 300 g/mol. The molecule has 0 amide bonds. The lowest BCUT2D eigenvalue weighted by molar-refractivity contribution is 0.434. The van der Waals surface area contributed by atoms with E-state index in [0.717, 1.165) is 41.4 Å². The van der Waals surface area contributed by atoms with Crippen molar-refractivity contribution in [2.45, 2.75) is 33.1 Å². The molecule has 5 nitrogen and oxygen atoms in total. The second-order valence-electron chi connectivity index (χ2n) is 6.03. The fourth-order valence-electron chi connectivity index (χ4n) is 2.34. The highest BCUT2D eigenvalue weighted by Gasteiger charge is 2.13. The minimum absolute atomic E-state index is 0.314. The van der Waals surface area contributed by atoms with E-state index in [1.807, 2.05) is 42.5 Å². The first-order chi connectivity index (χ1) is 11.7. The highest BCUT2D eigenvalue weighted by molar-refractivity contribution is 5.65. The number of hydrogen-bond acceptors (Lipinski definition) is 5. The lowest BCUT2D eigenvalue weighted by Crippen LogP contribution is -2.07. The number of nitrogens with zero attached hydrogens (tertiary/aromatic N) is 3. The molecule has 3 aromatic rings. The average Bonchev–Trinajstić information content (AvgIpc) is 3.10. The maximum absolute atomic E-state index is 5.50. The van der Waals surface area contributed by atoms with Crippen molar-refractivity contribution in [1.29, 1.82) is 0 Å². The normalized spacial score (nSPS) is 11.0. The molecule has 1 aromatic carbocycles. The summed E-state index contributed by atoms with van der Waals surface area (Å²) in [5, 5.41) is 7.45. The molecule has 1 N–H and O–H groups in total. The summed E-state index contributed by atoms with van der Waals surface area (Å²) in [4.78, 5) is 9.17. The monoisotopic (exact) mass is 322 g/mol. The van der Waals surface area contributed by atoms with Crippen molar-refractivity contribution < 1.29 is 4.52 Å². The molecule has 0 saturated carbocycles. The fraction of sp³-hybridized carbons (Fsp3) is 0.316. The molecule has 3 rings (SSSR count). The van der Waals surface area contributed by atoms with E-state index in [4.69, 9.17) is 4.52 Å². The molecule has 0 unspecified atom stereocenters. The number of hydrogen-bond donors (Lipinski definition) is 1. The second kappa shape index (κ2) is 7.25. The topological polar surface area (TPSA) is 63.8 Å². The van der Waals surface area contributed by atoms with Crippen LogP contribution in [0, 0.1) is 0 Å². The summed E-state index contributed by atoms with van der Waals surface area (Å²) in [7, 11) is 0. The van der Waals surface area contributed by atoms with Crippen molar-refractivity contribution >= 4 is 5.95 Å². The maximum atomic E-state index is 5.50. The van der Waals surface area contributed by atoms with Gasteiger partial charge in [-0.25, -0.2) is 9.97 Å². The van der Waals surface area contributed by atoms with Gasteiger partial charge >= 0.3 is 0 Å². The Morgan fingerprint density at radius 2 is 1.83 bits per heavy atom. The molecule has 0 saturated heterocycles. The molecule has 0 radical (unpaired) electrons. The summed E-state index contributed by atoms with van der Waals surface area (Å²) in [5.41, 5.74) is 3.48. The Morgan fingerprint density at radius 1 is 1.04 bits per heavy atom. The zero-order valence-corrected chi connectivity index (χ0v) is 14.3. The van der Waals surface area contributed by atoms with Gasteiger partial charge in [0.15, 0.2) is 5.76 Å². The molecule has 24 heavy (non-hydrogen) atoms. The van der Waals surface area contributed by atoms with Crippen LogP contribution >= 0.6 is 0 Å². The van der Waals surface area contributed by atoms with E-state index in [0.29, 0.717) is 11.9 Å². The molecule has 2 heterocycles. The van der Waals surface area contributed by atoms with Crippen molar-refractivity contribution in [2.75, 3.05) is 11.9 Å². The van der Waals surface area contributed by atoms with E-state index >= 15 is 0 Å². The van der Waals surface area contributed by atoms with Crippen LogP contribution in [0.1, 0.15) is 38.8 Å². The van der Waals surface area contributed by atoms with E-state index in [1.165, 1.54) is 0 Å². The Bertz CT molecular complexity index is 796. The minimum Gasteiger partial charge on any atom is -0.356 e. The van der Waals surface area contributed by atoms with Gasteiger partial charge in [-0.15, -0.1) is 0 Å². The van der Waals surface area contributed by atoms with E-state index in [-0.39, 0.29) is 0 Å². The number of aromatic nitrogens is 3. The van der Waals surface area contributed by atoms with Crippen molar-refractivity contribution in [3.63, 3.8) is 0 Å². The molecule has 0 atom stereocenters. The molecule has 0 aliphatic carbocycles. The number of nitrogens with one attached hydrogen (secondary N) is 1. The van der Waals surface area contributed by atoms with Gasteiger partial charge in [0.05, 0.1) is 5.69 Å². The highest BCUT2D eigenvalue weighted by atomic mass is 16.5. The smallest absolute Gasteiger partial charge is 0.223 e. The Balaban J connectivity index is 1.96. The van der Waals surface area contributed by atoms with Gasteiger partial charge in [0.1, 0.15) is 5.69 Å². The third-order valence-corrected chi connectivity index (χ3v) is 3.70. The summed E-state index contributed by atoms with van der Waals surface area (Å²) in [6.45, 7) is 7.20. The van der Waals surface area contributed by atoms with Crippen LogP contribution in [0.3, 0.4) is 0 Å². The van der Waals surface area contributed by atoms with Crippen LogP contribution in [0.2, 0.25) is 0 Å². The van der Waals surface area contributed by atoms with E-state index < -0.39 is 0 Å². The fourth-order valence-corrected chi connectivity index (χ4v) is 2.34. The van der Waals surface area contributed by atoms with E-state index in [2.05, 4.69) is 41.2 Å². The standard InChI is InChI=1S/C19H22N4O/c1-4-10-20-19-21-15(13(2)3)11-16(22-19)17-12-18(24-23-17)14-8-6-5-7-9-14/h5-9,11-13H,4,10H2,1-3H3,(H,20,21,22). The van der Waals surface area contributed by atoms with Gasteiger partial charge in [-0.05, 0) is 18.4 Å². The Kier molecular flexibility index (Phi) is 4.89. The van der Waals surface area contributed by atoms with Crippen LogP contribution in [0.5, 0.6) is 0 Å². The van der Waals surface area contributed by atoms with Gasteiger partial charge in [0.2, 0.25) is 5.95 Å². The number of benzene rings is 1. The zero-order chi connectivity index (χ0) is 16.9. The summed E-state index contributed by atoms with van der Waals surface area (Å²) in [5.74, 6) is 1.69. The van der Waals surface area contributed by atoms with Gasteiger partial charge in [0.25, 0.3) is 0 Å². The molecular formula is C19H22N4O. The molecule has 0 aliphatic heterocycles. The Hall–Kier alpha value is -2.69. The van der Waals surface area contributed by atoms with Crippen molar-refractivity contribution in [1.82, 2.24) is 15.1 Å². The quantitative estimate of drug-likeness (QED) is 0.710. The van der Waals surface area contributed by atoms with Crippen LogP contribution in [0.15, 0.2) is 47.0 Å². The predicted octanol–water partition coefficient (Wildman–Crippen LogP) is 4.74. The number of rotatable bonds is 6. The van der Waals surface area contributed by atoms with Crippen LogP contribution in [-0.4, -0.2) is 21.7 Å². The second-order valence-corrected chi connectivity index (χ2v) is 6.03. The number of anilines is 1. The van der Waals surface area contributed by atoms with Gasteiger partial charge < -0.3 is 9.84 Å². The van der Waals surface area contributed by atoms with Crippen molar-refractivity contribution in [3.05, 3.63) is 48.2 Å². The molecule has 0 spiro atoms. The lowest BCUT2D eigenvalue weighted by atomic mass is 10.1. The van der Waals surface area contributed by atoms with Crippen molar-refractivity contribution in [2.24, 2.45) is 0 Å². The molecule has 124 valence electrons. The highest BCUT2D eigenvalue weighted by Crippen LogP contribution is 2.27. The average molecular weight is 322 g/mol. The molecule has 2 aromatic heterocycles. The third-order valence-electron chi connectivity index (χ3n) is 3.70. The predicted molar refractivity (Wildman–Crippen MR) is 95.8 cm³/mol. The first-order valence-electron chi connectivity index (χ1n) is 8.32. The third kappa shape index (κ3) is 3.62. The lowest BCUT2D eigenvalue weighted by Gasteiger charge is -2.10. The summed E-state index contributed by atoms with van der Waals surface area (Å²) in [6, 6.07) is 13.8. The Morgan fingerprint density at radius 3 is 2.54 bits per heavy atom. The van der Waals surface area contributed by atoms with E-state index in [9.17, 15) is 0 Å². The molecule has 5 heteroatoms. The first-order valence-corrected chi connectivity index (χ1v) is 8.32. The van der Waals surface area contributed by atoms with Gasteiger partial charge in [-0.3, -0.25) is 0 Å². The summed E-state index contributed by atoms with van der Waals surface area (Å²) >= 11 is 0. The van der Waals surface area contributed by atoms with Gasteiger partial charge in [0, 0.05) is 23.9 Å². The molecule has 0 aliphatic rings.